The molecule has 3 N–H and O–H groups in total. The summed E-state index contributed by atoms with van der Waals surface area (Å²) in [6.45, 7) is 12.4. The van der Waals surface area contributed by atoms with Gasteiger partial charge >= 0.3 is 6.03 Å². The molecule has 2 aliphatic rings. The third kappa shape index (κ3) is 22.4. The van der Waals surface area contributed by atoms with E-state index in [2.05, 4.69) is 55.1 Å². The molecule has 21 nitrogen and oxygen atoms in total. The second-order valence-corrected chi connectivity index (χ2v) is 22.7. The van der Waals surface area contributed by atoms with Crippen LogP contribution < -0.4 is 30.2 Å². The smallest absolute Gasteiger partial charge is 0.325 e. The van der Waals surface area contributed by atoms with Crippen LogP contribution in [0, 0.1) is 12.8 Å². The molecule has 5 amide bonds. The molecule has 3 heterocycles. The number of piperazine rings is 1. The quantitative estimate of drug-likeness (QED) is 0.0319. The summed E-state index contributed by atoms with van der Waals surface area (Å²) >= 11 is 1.28. The Morgan fingerprint density at radius 2 is 1.38 bits per heavy atom. The molecule has 0 radical (unpaired) electrons. The third-order valence-corrected chi connectivity index (χ3v) is 15.7. The summed E-state index contributed by atoms with van der Waals surface area (Å²) in [5, 5.41) is 19.3. The Hall–Kier alpha value is -7.47. The minimum absolute atomic E-state index is 0.0289. The first kappa shape index (κ1) is 64.5. The van der Waals surface area contributed by atoms with Crippen molar-refractivity contribution < 1.29 is 47.6 Å². The van der Waals surface area contributed by atoms with E-state index in [0.29, 0.717) is 133 Å². The predicted octanol–water partition coefficient (Wildman–Crippen LogP) is 7.70. The van der Waals surface area contributed by atoms with Gasteiger partial charge in [-0.2, -0.15) is 0 Å². The maximum Gasteiger partial charge on any atom is 0.325 e. The van der Waals surface area contributed by atoms with Crippen LogP contribution in [0.15, 0.2) is 109 Å². The van der Waals surface area contributed by atoms with Crippen LogP contribution >= 0.6 is 11.3 Å². The molecule has 1 unspecified atom stereocenters. The number of hydrogen-bond acceptors (Lipinski definition) is 16. The maximum atomic E-state index is 14.1. The number of unbranched alkanes of at least 4 members (excludes halogenated alkanes) is 1. The molecule has 2 fully saturated rings. The molecule has 462 valence electrons. The number of carbonyl (C=O) groups excluding carboxylic acids is 4. The molecule has 8 rings (SSSR count). The summed E-state index contributed by atoms with van der Waals surface area (Å²) in [6.07, 6.45) is 7.67. The van der Waals surface area contributed by atoms with Gasteiger partial charge < -0.3 is 58.7 Å². The van der Waals surface area contributed by atoms with Gasteiger partial charge in [0.25, 0.3) is 0 Å². The number of amides is 5. The first-order valence-corrected chi connectivity index (χ1v) is 30.8. The predicted molar refractivity (Wildman–Crippen MR) is 331 cm³/mol. The van der Waals surface area contributed by atoms with Crippen molar-refractivity contribution in [2.45, 2.75) is 77.4 Å². The second kappa shape index (κ2) is 34.6. The number of aromatic nitrogens is 4. The summed E-state index contributed by atoms with van der Waals surface area (Å²) in [6, 6.07) is 29.4. The van der Waals surface area contributed by atoms with Crippen LogP contribution in [0.2, 0.25) is 0 Å². The van der Waals surface area contributed by atoms with E-state index in [1.54, 1.807) is 41.4 Å². The Morgan fingerprint density at radius 3 is 2.12 bits per heavy atom. The molecule has 0 spiro atoms. The lowest BCUT2D eigenvalue weighted by Crippen LogP contribution is -2.47. The number of nitrogens with zero attached hydrogens (tertiary/aromatic N) is 8. The second-order valence-electron chi connectivity index (χ2n) is 21.9. The summed E-state index contributed by atoms with van der Waals surface area (Å²) < 4.78 is 36.3. The largest absolute Gasteiger partial charge is 0.497 e. The topological polar surface area (TPSA) is 216 Å². The highest BCUT2D eigenvalue weighted by Crippen LogP contribution is 2.34. The Kier molecular flexibility index (Phi) is 26.0. The van der Waals surface area contributed by atoms with Crippen LogP contribution in [-0.4, -0.2) is 183 Å². The van der Waals surface area contributed by atoms with Crippen LogP contribution in [0.5, 0.6) is 17.2 Å². The number of nitrogens with one attached hydrogen (secondary N) is 3. The van der Waals surface area contributed by atoms with Crippen molar-refractivity contribution in [3.05, 3.63) is 142 Å². The summed E-state index contributed by atoms with van der Waals surface area (Å²) in [4.78, 5) is 65.9. The van der Waals surface area contributed by atoms with E-state index in [9.17, 15) is 19.2 Å². The number of rotatable bonds is 37. The molecule has 86 heavy (non-hydrogen) atoms. The Balaban J connectivity index is 0.607. The average Bonchev–Trinajstić information content (AvgIpc) is 2.65. The zero-order chi connectivity index (χ0) is 60.3. The van der Waals surface area contributed by atoms with Crippen LogP contribution in [0.25, 0.3) is 0 Å². The van der Waals surface area contributed by atoms with Gasteiger partial charge in [-0.3, -0.25) is 19.7 Å². The molecule has 1 saturated heterocycles. The number of methoxy groups -OCH3 is 1. The number of benzene rings is 4. The van der Waals surface area contributed by atoms with Gasteiger partial charge in [-0.05, 0) is 131 Å². The fraction of sp³-hybridized carbons (Fsp3) is 0.484. The van der Waals surface area contributed by atoms with E-state index in [0.717, 1.165) is 91.3 Å². The standard InChI is InChI=1S/C64H85N11O10S/c1-48-7-16-52(17-8-48)61(62(78)65-44-50-13-20-56(80-4)21-14-50)75(45-51-9-10-51)59(76)26-15-49-11-22-57(23-12-49)84-35-6-5-28-71(2)33-37-82-40-39-81-36-27-54-46-74(70-69-54)34-38-83-41-42-85-58-24-18-53(19-25-58)66-63(79)68-64-67-55(47-86-64)43-60(77)73-31-29-72(3)30-32-73/h7-8,11-14,16-25,46-47,51,61H,5-6,9-10,15,26-45H2,1-4H3,(H,65,78)(H2,66,67,68,79). The van der Waals surface area contributed by atoms with E-state index in [-0.39, 0.29) is 24.1 Å². The van der Waals surface area contributed by atoms with E-state index >= 15 is 0 Å². The maximum absolute atomic E-state index is 14.1. The Morgan fingerprint density at radius 1 is 0.709 bits per heavy atom. The van der Waals surface area contributed by atoms with Gasteiger partial charge in [0.1, 0.15) is 29.9 Å². The normalized spacial score (nSPS) is 13.8. The monoisotopic (exact) mass is 1200 g/mol. The molecule has 1 atom stereocenters. The van der Waals surface area contributed by atoms with E-state index in [1.165, 1.54) is 11.3 Å². The van der Waals surface area contributed by atoms with Gasteiger partial charge in [0.2, 0.25) is 17.7 Å². The zero-order valence-electron chi connectivity index (χ0n) is 50.3. The number of aryl methyl sites for hydroxylation is 2. The van der Waals surface area contributed by atoms with Crippen molar-refractivity contribution in [3.63, 3.8) is 0 Å². The van der Waals surface area contributed by atoms with Crippen LogP contribution in [0.3, 0.4) is 0 Å². The number of hydrogen-bond donors (Lipinski definition) is 3. The highest BCUT2D eigenvalue weighted by Gasteiger charge is 2.35. The van der Waals surface area contributed by atoms with Crippen molar-refractivity contribution in [2.75, 3.05) is 131 Å². The van der Waals surface area contributed by atoms with E-state index < -0.39 is 12.1 Å². The molecule has 22 heteroatoms. The molecule has 1 aliphatic carbocycles. The minimum atomic E-state index is -0.725. The average molecular weight is 1200 g/mol. The van der Waals surface area contributed by atoms with E-state index in [1.807, 2.05) is 95.7 Å². The third-order valence-electron chi connectivity index (χ3n) is 14.9. The van der Waals surface area contributed by atoms with Gasteiger partial charge in [-0.25, -0.2) is 14.5 Å². The number of urea groups is 1. The summed E-state index contributed by atoms with van der Waals surface area (Å²) in [5.74, 6) is 2.45. The number of anilines is 2. The van der Waals surface area contributed by atoms with Crippen molar-refractivity contribution >= 4 is 45.9 Å². The lowest BCUT2D eigenvalue weighted by Gasteiger charge is -2.32. The van der Waals surface area contributed by atoms with Gasteiger partial charge in [-0.15, -0.1) is 16.4 Å². The van der Waals surface area contributed by atoms with Crippen molar-refractivity contribution in [2.24, 2.45) is 5.92 Å². The van der Waals surface area contributed by atoms with Crippen LogP contribution in [0.4, 0.5) is 15.6 Å². The SMILES string of the molecule is COc1ccc(CNC(=O)C(c2ccc(C)cc2)N(CC2CC2)C(=O)CCc2ccc(OCCCCN(C)CCOCCOCCc3cn(CCOCCOc4ccc(NC(=O)Nc5nc(CC(=O)N6CCN(C)CC6)cs5)cc4)nn3)cc2)cc1. The molecule has 6 aromatic rings. The number of thiazole rings is 1. The molecule has 2 aromatic heterocycles. The number of carbonyl (C=O) groups is 4. The summed E-state index contributed by atoms with van der Waals surface area (Å²) in [7, 11) is 5.78. The fourth-order valence-corrected chi connectivity index (χ4v) is 10.2. The highest BCUT2D eigenvalue weighted by molar-refractivity contribution is 7.14. The molecular formula is C64H85N11O10S. The molecule has 0 bridgehead atoms. The Bertz CT molecular complexity index is 2990. The van der Waals surface area contributed by atoms with Gasteiger partial charge in [0, 0.05) is 75.9 Å². The lowest BCUT2D eigenvalue weighted by atomic mass is 10.0. The molecular weight excluding hydrogens is 1110 g/mol. The summed E-state index contributed by atoms with van der Waals surface area (Å²) in [5.41, 5.74) is 5.98. The van der Waals surface area contributed by atoms with Gasteiger partial charge in [-0.1, -0.05) is 59.3 Å². The highest BCUT2D eigenvalue weighted by atomic mass is 32.1. The van der Waals surface area contributed by atoms with E-state index in [4.69, 9.17) is 28.4 Å². The number of ether oxygens (including phenoxy) is 6. The minimum Gasteiger partial charge on any atom is -0.497 e. The van der Waals surface area contributed by atoms with Crippen molar-refractivity contribution in [1.82, 2.24) is 44.9 Å². The first-order chi connectivity index (χ1) is 41.9. The van der Waals surface area contributed by atoms with Crippen molar-refractivity contribution in [3.8, 4) is 17.2 Å². The fourth-order valence-electron chi connectivity index (χ4n) is 9.54. The van der Waals surface area contributed by atoms with Gasteiger partial charge in [0.15, 0.2) is 5.13 Å². The van der Waals surface area contributed by atoms with Crippen LogP contribution in [0.1, 0.15) is 71.8 Å². The lowest BCUT2D eigenvalue weighted by molar-refractivity contribution is -0.141. The first-order valence-electron chi connectivity index (χ1n) is 29.9. The molecule has 1 aliphatic heterocycles. The van der Waals surface area contributed by atoms with Crippen molar-refractivity contribution in [1.29, 1.82) is 0 Å². The zero-order valence-corrected chi connectivity index (χ0v) is 51.1. The molecule has 1 saturated carbocycles. The van der Waals surface area contributed by atoms with Gasteiger partial charge in [0.05, 0.1) is 77.7 Å². The Labute approximate surface area is 509 Å². The van der Waals surface area contributed by atoms with Crippen LogP contribution in [-0.2, 0) is 60.9 Å². The molecule has 4 aromatic carbocycles. The number of likely N-dealkylation sites (N-methyl/N-ethyl adjacent to an activating group) is 2.